The van der Waals surface area contributed by atoms with Gasteiger partial charge in [0.15, 0.2) is 0 Å². The minimum Gasteiger partial charge on any atom is -0.390 e. The zero-order valence-electron chi connectivity index (χ0n) is 24.7. The molecule has 6 heteroatoms. The first kappa shape index (κ1) is 32.5. The Morgan fingerprint density at radius 2 is 1.28 bits per heavy atom. The number of nitrogens with zero attached hydrogens (tertiary/aromatic N) is 3. The number of rotatable bonds is 9. The Balaban J connectivity index is 0.00000212. The van der Waals surface area contributed by atoms with Crippen LogP contribution in [0.25, 0.3) is 39.4 Å². The van der Waals surface area contributed by atoms with E-state index in [4.69, 9.17) is 0 Å². The molecule has 43 heavy (non-hydrogen) atoms. The van der Waals surface area contributed by atoms with E-state index in [2.05, 4.69) is 143 Å². The van der Waals surface area contributed by atoms with Gasteiger partial charge in [-0.3, -0.25) is 9.80 Å². The van der Waals surface area contributed by atoms with Crippen molar-refractivity contribution in [1.29, 1.82) is 0 Å². The number of benzene rings is 4. The Kier molecular flexibility index (Phi) is 11.6. The molecule has 1 unspecified atom stereocenters. The highest BCUT2D eigenvalue weighted by molar-refractivity contribution is 6.04. The minimum atomic E-state index is -0.470. The molecule has 1 fully saturated rings. The molecule has 0 radical (unpaired) electrons. The lowest BCUT2D eigenvalue weighted by atomic mass is 9.98. The van der Waals surface area contributed by atoms with Gasteiger partial charge >= 0.3 is 0 Å². The highest BCUT2D eigenvalue weighted by atomic mass is 35.5. The van der Waals surface area contributed by atoms with E-state index < -0.39 is 6.10 Å². The molecule has 1 N–H and O–H groups in total. The monoisotopic (exact) mass is 613 g/mol. The molecule has 6 rings (SSSR count). The normalized spacial score (nSPS) is 14.8. The van der Waals surface area contributed by atoms with E-state index in [-0.39, 0.29) is 24.8 Å². The number of fused-ring (bicyclic) bond motifs is 1. The highest BCUT2D eigenvalue weighted by Gasteiger charge is 2.24. The fraction of sp³-hybridized carbons (Fsp3) is 0.243. The van der Waals surface area contributed by atoms with Crippen molar-refractivity contribution in [3.05, 3.63) is 126 Å². The zero-order chi connectivity index (χ0) is 28.0. The molecule has 0 spiro atoms. The van der Waals surface area contributed by atoms with Crippen molar-refractivity contribution in [2.75, 3.05) is 39.3 Å². The molecule has 1 aliphatic rings. The summed E-state index contributed by atoms with van der Waals surface area (Å²) in [6.45, 7) is 8.33. The van der Waals surface area contributed by atoms with Gasteiger partial charge < -0.3 is 9.67 Å². The molecule has 0 saturated carbocycles. The number of aliphatic hydroxyl groups is 1. The summed E-state index contributed by atoms with van der Waals surface area (Å²) in [5, 5.41) is 12.7. The maximum atomic E-state index is 11.5. The predicted molar refractivity (Wildman–Crippen MR) is 186 cm³/mol. The molecule has 4 nitrogen and oxygen atoms in total. The average Bonchev–Trinajstić information content (AvgIpc) is 3.32. The topological polar surface area (TPSA) is 31.6 Å². The number of hydrogen-bond acceptors (Lipinski definition) is 3. The van der Waals surface area contributed by atoms with Crippen LogP contribution in [-0.2, 0) is 6.54 Å². The van der Waals surface area contributed by atoms with Gasteiger partial charge in [-0.05, 0) is 35.7 Å². The number of halogens is 2. The van der Waals surface area contributed by atoms with E-state index >= 15 is 0 Å². The number of hydrogen-bond donors (Lipinski definition) is 1. The van der Waals surface area contributed by atoms with E-state index in [0.717, 1.165) is 32.7 Å². The Bertz CT molecular complexity index is 1600. The molecule has 1 aliphatic heterocycles. The van der Waals surface area contributed by atoms with E-state index in [1.54, 1.807) is 0 Å². The van der Waals surface area contributed by atoms with Gasteiger partial charge in [0.1, 0.15) is 0 Å². The van der Waals surface area contributed by atoms with Gasteiger partial charge in [-0.1, -0.05) is 115 Å². The standard InChI is InChI=1S/C37H39N3O.2ClH/c1-29-19-20-35-34(26-29)36(31-15-7-3-8-16-31)37(32-17-9-4-10-18-32)40(35)28-33(41)27-39-24-22-38(23-25-39)21-11-14-30-12-5-2-6-13-30;;/h2-20,26,33,41H,21-25,27-28H2,1H3;2*1H/b14-11-;;. The maximum absolute atomic E-state index is 11.5. The molecule has 0 bridgehead atoms. The molecule has 1 aromatic heterocycles. The van der Waals surface area contributed by atoms with E-state index in [0.29, 0.717) is 13.1 Å². The van der Waals surface area contributed by atoms with Crippen LogP contribution in [0.15, 0.2) is 115 Å². The van der Waals surface area contributed by atoms with Crippen LogP contribution in [0.3, 0.4) is 0 Å². The van der Waals surface area contributed by atoms with E-state index in [9.17, 15) is 5.11 Å². The summed E-state index contributed by atoms with van der Waals surface area (Å²) in [6, 6.07) is 38.5. The van der Waals surface area contributed by atoms with Crippen molar-refractivity contribution in [3.63, 3.8) is 0 Å². The average molecular weight is 615 g/mol. The summed E-state index contributed by atoms with van der Waals surface area (Å²) in [5.41, 5.74) is 8.43. The first-order valence-electron chi connectivity index (χ1n) is 14.7. The van der Waals surface area contributed by atoms with Crippen LogP contribution >= 0.6 is 24.8 Å². The number of β-amino-alcohol motifs (C(OH)–C–C–N with tert-alkyl or cyclic N) is 1. The van der Waals surface area contributed by atoms with Gasteiger partial charge in [-0.2, -0.15) is 0 Å². The first-order valence-corrected chi connectivity index (χ1v) is 14.7. The van der Waals surface area contributed by atoms with E-state index in [1.807, 2.05) is 0 Å². The Morgan fingerprint density at radius 1 is 0.698 bits per heavy atom. The second-order valence-electron chi connectivity index (χ2n) is 11.2. The lowest BCUT2D eigenvalue weighted by molar-refractivity contribution is 0.0684. The third-order valence-electron chi connectivity index (χ3n) is 8.13. The van der Waals surface area contributed by atoms with Crippen molar-refractivity contribution >= 4 is 41.8 Å². The second kappa shape index (κ2) is 15.4. The molecular weight excluding hydrogens is 573 g/mol. The van der Waals surface area contributed by atoms with Gasteiger partial charge in [0.05, 0.1) is 18.3 Å². The summed E-state index contributed by atoms with van der Waals surface area (Å²) < 4.78 is 2.35. The smallest absolute Gasteiger partial charge is 0.0845 e. The summed E-state index contributed by atoms with van der Waals surface area (Å²) >= 11 is 0. The van der Waals surface area contributed by atoms with Crippen LogP contribution in [0.4, 0.5) is 0 Å². The quantitative estimate of drug-likeness (QED) is 0.184. The molecule has 1 atom stereocenters. The molecule has 0 amide bonds. The lowest BCUT2D eigenvalue weighted by Gasteiger charge is -2.35. The minimum absolute atomic E-state index is 0. The molecule has 2 heterocycles. The van der Waals surface area contributed by atoms with E-state index in [1.165, 1.54) is 44.4 Å². The summed E-state index contributed by atoms with van der Waals surface area (Å²) in [4.78, 5) is 4.90. The molecule has 224 valence electrons. The van der Waals surface area contributed by atoms with Gasteiger partial charge in [-0.15, -0.1) is 24.8 Å². The molecule has 5 aromatic rings. The summed E-state index contributed by atoms with van der Waals surface area (Å²) in [5.74, 6) is 0. The molecule has 0 aliphatic carbocycles. The molecule has 4 aromatic carbocycles. The van der Waals surface area contributed by atoms with Crippen molar-refractivity contribution < 1.29 is 5.11 Å². The fourth-order valence-corrected chi connectivity index (χ4v) is 6.07. The van der Waals surface area contributed by atoms with Crippen molar-refractivity contribution in [2.24, 2.45) is 0 Å². The number of aliphatic hydroxyl groups excluding tert-OH is 1. The van der Waals surface area contributed by atoms with Gasteiger partial charge in [-0.25, -0.2) is 0 Å². The molecule has 1 saturated heterocycles. The predicted octanol–water partition coefficient (Wildman–Crippen LogP) is 7.82. The van der Waals surface area contributed by atoms with Crippen LogP contribution in [-0.4, -0.2) is 64.8 Å². The van der Waals surface area contributed by atoms with Crippen molar-refractivity contribution in [1.82, 2.24) is 14.4 Å². The van der Waals surface area contributed by atoms with Crippen LogP contribution < -0.4 is 0 Å². The highest BCUT2D eigenvalue weighted by Crippen LogP contribution is 2.41. The zero-order valence-corrected chi connectivity index (χ0v) is 26.3. The largest absolute Gasteiger partial charge is 0.390 e. The Hall–Kier alpha value is -3.38. The van der Waals surface area contributed by atoms with Gasteiger partial charge in [0.2, 0.25) is 0 Å². The molecular formula is C37H41Cl2N3O. The summed E-state index contributed by atoms with van der Waals surface area (Å²) in [7, 11) is 0. The lowest BCUT2D eigenvalue weighted by Crippen LogP contribution is -2.48. The third-order valence-corrected chi connectivity index (χ3v) is 8.13. The number of aromatic nitrogens is 1. The van der Waals surface area contributed by atoms with Gasteiger partial charge in [0.25, 0.3) is 0 Å². The first-order chi connectivity index (χ1) is 20.2. The van der Waals surface area contributed by atoms with Crippen molar-refractivity contribution in [2.45, 2.75) is 19.6 Å². The van der Waals surface area contributed by atoms with Crippen molar-refractivity contribution in [3.8, 4) is 22.4 Å². The number of piperazine rings is 1. The van der Waals surface area contributed by atoms with Crippen LogP contribution in [0.1, 0.15) is 11.1 Å². The summed E-state index contributed by atoms with van der Waals surface area (Å²) in [6.07, 6.45) is 3.99. The second-order valence-corrected chi connectivity index (χ2v) is 11.2. The van der Waals surface area contributed by atoms with Gasteiger partial charge in [0, 0.05) is 55.7 Å². The Morgan fingerprint density at radius 3 is 1.93 bits per heavy atom. The third kappa shape index (κ3) is 7.77. The van der Waals surface area contributed by atoms with Crippen LogP contribution in [0.2, 0.25) is 0 Å². The SMILES string of the molecule is Cc1ccc2c(c1)c(-c1ccccc1)c(-c1ccccc1)n2CC(O)CN1CCN(C/C=C\c2ccccc2)CC1.Cl.Cl. The maximum Gasteiger partial charge on any atom is 0.0845 e. The van der Waals surface area contributed by atoms with Crippen LogP contribution in [0, 0.1) is 6.92 Å². The Labute approximate surface area is 268 Å². The fourth-order valence-electron chi connectivity index (χ4n) is 6.07. The number of aryl methyl sites for hydroxylation is 1. The van der Waals surface area contributed by atoms with Crippen LogP contribution in [0.5, 0.6) is 0 Å².